The Morgan fingerprint density at radius 1 is 1.07 bits per heavy atom. The second-order valence-corrected chi connectivity index (χ2v) is 2.68. The standard InChI is InChI=1S/C7H7B3O5/c1-11-6-2-4-7(5-3-6)12-10-14-8-13-9-15-10/h2-5H,1H3. The molecule has 0 saturated carbocycles. The SMILES string of the molecule is COc1ccc(OB2O[B]O[B]O2)cc1. The lowest BCUT2D eigenvalue weighted by Crippen LogP contribution is -2.39. The molecule has 0 spiro atoms. The van der Waals surface area contributed by atoms with Crippen LogP contribution >= 0.6 is 0 Å². The van der Waals surface area contributed by atoms with Gasteiger partial charge in [-0.25, -0.2) is 0 Å². The maximum Gasteiger partial charge on any atom is 0.684 e. The molecule has 0 N–H and O–H groups in total. The van der Waals surface area contributed by atoms with Crippen LogP contribution in [0.25, 0.3) is 0 Å². The quantitative estimate of drug-likeness (QED) is 0.657. The summed E-state index contributed by atoms with van der Waals surface area (Å²) in [6.07, 6.45) is 0. The fourth-order valence-corrected chi connectivity index (χ4v) is 1.03. The summed E-state index contributed by atoms with van der Waals surface area (Å²) < 4.78 is 24.7. The van der Waals surface area contributed by atoms with Gasteiger partial charge < -0.3 is 23.1 Å². The van der Waals surface area contributed by atoms with Crippen LogP contribution in [0.4, 0.5) is 0 Å². The Labute approximate surface area is 89.4 Å². The molecule has 1 aromatic rings. The summed E-state index contributed by atoms with van der Waals surface area (Å²) >= 11 is 0. The molecule has 1 saturated heterocycles. The maximum absolute atomic E-state index is 5.31. The lowest BCUT2D eigenvalue weighted by Gasteiger charge is -2.18. The zero-order valence-electron chi connectivity index (χ0n) is 8.08. The van der Waals surface area contributed by atoms with Gasteiger partial charge in [0.15, 0.2) is 0 Å². The Kier molecular flexibility index (Phi) is 3.55. The van der Waals surface area contributed by atoms with Gasteiger partial charge in [0, 0.05) is 0 Å². The van der Waals surface area contributed by atoms with Crippen molar-refractivity contribution in [2.24, 2.45) is 0 Å². The second kappa shape index (κ2) is 5.11. The number of hydrogen-bond donors (Lipinski definition) is 0. The van der Waals surface area contributed by atoms with E-state index in [2.05, 4.69) is 4.57 Å². The highest BCUT2D eigenvalue weighted by Crippen LogP contribution is 2.18. The third-order valence-corrected chi connectivity index (χ3v) is 1.74. The number of ether oxygens (including phenoxy) is 1. The van der Waals surface area contributed by atoms with Gasteiger partial charge in [-0.05, 0) is 24.3 Å². The molecule has 1 fully saturated rings. The molecule has 2 radical (unpaired) electrons. The highest BCUT2D eigenvalue weighted by molar-refractivity contribution is 6.57. The van der Waals surface area contributed by atoms with E-state index in [0.717, 1.165) is 21.1 Å². The van der Waals surface area contributed by atoms with E-state index >= 15 is 0 Å². The maximum atomic E-state index is 5.31. The average Bonchev–Trinajstić information content (AvgIpc) is 2.31. The Morgan fingerprint density at radius 3 is 2.27 bits per heavy atom. The fraction of sp³-hybridized carbons (Fsp3) is 0.143. The minimum Gasteiger partial charge on any atom is -0.513 e. The number of hydrogen-bond acceptors (Lipinski definition) is 5. The smallest absolute Gasteiger partial charge is 0.513 e. The van der Waals surface area contributed by atoms with Gasteiger partial charge in [0.1, 0.15) is 11.5 Å². The number of rotatable bonds is 3. The molecule has 1 heterocycles. The van der Waals surface area contributed by atoms with Crippen LogP contribution in [0.15, 0.2) is 24.3 Å². The molecule has 1 aliphatic heterocycles. The Morgan fingerprint density at radius 2 is 1.67 bits per heavy atom. The van der Waals surface area contributed by atoms with Crippen molar-refractivity contribution >= 4 is 22.7 Å². The normalized spacial score (nSPS) is 15.1. The summed E-state index contributed by atoms with van der Waals surface area (Å²) in [5.41, 5.74) is 0. The summed E-state index contributed by atoms with van der Waals surface area (Å²) in [6.45, 7) is 0. The van der Waals surface area contributed by atoms with Crippen LogP contribution in [0.2, 0.25) is 0 Å². The van der Waals surface area contributed by atoms with Gasteiger partial charge in [-0.2, -0.15) is 0 Å². The van der Waals surface area contributed by atoms with Crippen LogP contribution in [-0.4, -0.2) is 29.8 Å². The third kappa shape index (κ3) is 2.92. The first-order valence-corrected chi connectivity index (χ1v) is 4.29. The van der Waals surface area contributed by atoms with Gasteiger partial charge in [-0.1, -0.05) is 0 Å². The van der Waals surface area contributed by atoms with Gasteiger partial charge in [0.05, 0.1) is 7.11 Å². The summed E-state index contributed by atoms with van der Waals surface area (Å²) in [5.74, 6) is 1.37. The Bertz CT molecular complexity index is 300. The van der Waals surface area contributed by atoms with Crippen LogP contribution in [0.3, 0.4) is 0 Å². The van der Waals surface area contributed by atoms with Crippen LogP contribution < -0.4 is 9.39 Å². The lowest BCUT2D eigenvalue weighted by atomic mass is 10.1. The Hall–Kier alpha value is -1.11. The molecule has 2 rings (SSSR count). The van der Waals surface area contributed by atoms with Crippen LogP contribution in [0.1, 0.15) is 0 Å². The zero-order valence-corrected chi connectivity index (χ0v) is 8.08. The van der Waals surface area contributed by atoms with Crippen molar-refractivity contribution in [2.75, 3.05) is 7.11 Å². The van der Waals surface area contributed by atoms with Crippen molar-refractivity contribution in [2.45, 2.75) is 0 Å². The molecule has 0 unspecified atom stereocenters. The van der Waals surface area contributed by atoms with Gasteiger partial charge in [-0.15, -0.1) is 0 Å². The first kappa shape index (κ1) is 10.4. The molecule has 0 aliphatic carbocycles. The summed E-state index contributed by atoms with van der Waals surface area (Å²) in [4.78, 5) is 0. The highest BCUT2D eigenvalue weighted by Gasteiger charge is 2.29. The molecule has 0 atom stereocenters. The molecule has 8 heteroatoms. The molecule has 0 bridgehead atoms. The summed E-state index contributed by atoms with van der Waals surface area (Å²) in [7, 11) is 3.06. The van der Waals surface area contributed by atoms with Gasteiger partial charge in [-0.3, -0.25) is 0 Å². The van der Waals surface area contributed by atoms with E-state index < -0.39 is 7.32 Å². The van der Waals surface area contributed by atoms with Crippen molar-refractivity contribution < 1.29 is 23.1 Å². The molecule has 1 aliphatic rings. The van der Waals surface area contributed by atoms with Gasteiger partial charge in [0.25, 0.3) is 0 Å². The number of benzene rings is 1. The van der Waals surface area contributed by atoms with Crippen molar-refractivity contribution in [3.05, 3.63) is 24.3 Å². The Balaban J connectivity index is 1.91. The molecule has 15 heavy (non-hydrogen) atoms. The molecule has 1 aromatic carbocycles. The van der Waals surface area contributed by atoms with Crippen molar-refractivity contribution in [3.63, 3.8) is 0 Å². The summed E-state index contributed by atoms with van der Waals surface area (Å²) in [6, 6.07) is 7.06. The van der Waals surface area contributed by atoms with Crippen molar-refractivity contribution in [3.8, 4) is 11.5 Å². The second-order valence-electron chi connectivity index (χ2n) is 2.68. The molecular weight excluding hydrogens is 197 g/mol. The summed E-state index contributed by atoms with van der Waals surface area (Å²) in [5, 5.41) is 0. The molecule has 0 amide bonds. The number of methoxy groups -OCH3 is 1. The molecule has 5 nitrogen and oxygen atoms in total. The van der Waals surface area contributed by atoms with Crippen LogP contribution in [-0.2, 0) is 13.7 Å². The largest absolute Gasteiger partial charge is 0.684 e. The third-order valence-electron chi connectivity index (χ3n) is 1.74. The fourth-order valence-electron chi connectivity index (χ4n) is 1.03. The predicted molar refractivity (Wildman–Crippen MR) is 54.1 cm³/mol. The van der Waals surface area contributed by atoms with E-state index in [0.29, 0.717) is 5.75 Å². The van der Waals surface area contributed by atoms with E-state index in [4.69, 9.17) is 18.5 Å². The van der Waals surface area contributed by atoms with E-state index in [1.165, 1.54) is 0 Å². The van der Waals surface area contributed by atoms with E-state index in [9.17, 15) is 0 Å². The first-order chi connectivity index (χ1) is 7.38. The van der Waals surface area contributed by atoms with E-state index in [1.807, 2.05) is 0 Å². The van der Waals surface area contributed by atoms with Crippen molar-refractivity contribution in [1.82, 2.24) is 0 Å². The highest BCUT2D eigenvalue weighted by atomic mass is 16.8. The minimum atomic E-state index is -0.813. The van der Waals surface area contributed by atoms with E-state index in [-0.39, 0.29) is 0 Å². The monoisotopic (exact) mass is 204 g/mol. The zero-order chi connectivity index (χ0) is 10.5. The van der Waals surface area contributed by atoms with Crippen LogP contribution in [0.5, 0.6) is 11.5 Å². The average molecular weight is 204 g/mol. The van der Waals surface area contributed by atoms with Crippen LogP contribution in [0, 0.1) is 0 Å². The van der Waals surface area contributed by atoms with Crippen molar-refractivity contribution in [1.29, 1.82) is 0 Å². The van der Waals surface area contributed by atoms with E-state index in [1.54, 1.807) is 31.4 Å². The molecule has 74 valence electrons. The topological polar surface area (TPSA) is 46.2 Å². The molecular formula is C7H7B3O5. The molecule has 0 aromatic heterocycles. The van der Waals surface area contributed by atoms with Gasteiger partial charge in [0.2, 0.25) is 0 Å². The first-order valence-electron chi connectivity index (χ1n) is 4.29. The van der Waals surface area contributed by atoms with Gasteiger partial charge >= 0.3 is 22.7 Å². The minimum absolute atomic E-state index is 0.615. The lowest BCUT2D eigenvalue weighted by molar-refractivity contribution is 0.250. The predicted octanol–water partition coefficient (Wildman–Crippen LogP) is 0.191.